The minimum atomic E-state index is -7.09. The molecule has 104 valence electrons. The molecule has 0 amide bonds. The van der Waals surface area contributed by atoms with Crippen molar-refractivity contribution in [3.63, 3.8) is 0 Å². The van der Waals surface area contributed by atoms with Gasteiger partial charge in [0.2, 0.25) is 11.3 Å². The van der Waals surface area contributed by atoms with Crippen LogP contribution in [0.15, 0.2) is 0 Å². The van der Waals surface area contributed by atoms with Crippen molar-refractivity contribution in [3.05, 3.63) is 0 Å². The molecule has 0 rings (SSSR count). The van der Waals surface area contributed by atoms with E-state index in [0.717, 1.165) is 0 Å². The molecule has 0 saturated carbocycles. The highest BCUT2D eigenvalue weighted by atomic mass is 32.2. The molecule has 0 fully saturated rings. The maximum Gasteiger partial charge on any atom is 0.460 e. The largest absolute Gasteiger partial charge is 0.460 e. The molecule has 0 bridgehead atoms. The Morgan fingerprint density at radius 3 is 1.41 bits per heavy atom. The molecule has 0 aromatic heterocycles. The van der Waals surface area contributed by atoms with Crippen LogP contribution in [0.25, 0.3) is 0 Å². The predicted octanol–water partition coefficient (Wildman–Crippen LogP) is 2.14. The second-order valence-corrected chi connectivity index (χ2v) is 3.27. The fourth-order valence-electron chi connectivity index (χ4n) is 0.549. The van der Waals surface area contributed by atoms with E-state index in [4.69, 9.17) is 4.55 Å². The third kappa shape index (κ3) is 2.82. The first kappa shape index (κ1) is 16.4. The first-order valence-corrected chi connectivity index (χ1v) is 4.36. The maximum atomic E-state index is 12.3. The van der Waals surface area contributed by atoms with Crippen LogP contribution in [-0.2, 0) is 11.3 Å². The lowest BCUT2D eigenvalue weighted by Crippen LogP contribution is -2.65. The quantitative estimate of drug-likeness (QED) is 0.475. The van der Waals surface area contributed by atoms with E-state index in [1.165, 1.54) is 0 Å². The molecule has 0 radical (unpaired) electrons. The van der Waals surface area contributed by atoms with Gasteiger partial charge in [-0.1, -0.05) is 0 Å². The van der Waals surface area contributed by atoms with E-state index in [0.29, 0.717) is 0 Å². The molecule has 0 aliphatic carbocycles. The molecule has 0 aliphatic heterocycles. The molecule has 17 heavy (non-hydrogen) atoms. The zero-order valence-corrected chi connectivity index (χ0v) is 7.98. The van der Waals surface area contributed by atoms with E-state index in [1.807, 2.05) is 0 Å². The summed E-state index contributed by atoms with van der Waals surface area (Å²) in [5.41, 5.74) is 0. The van der Waals surface area contributed by atoms with Crippen LogP contribution in [-0.4, -0.2) is 32.8 Å². The van der Waals surface area contributed by atoms with Gasteiger partial charge >= 0.3 is 24.1 Å². The highest BCUT2D eigenvalue weighted by Gasteiger charge is 2.82. The van der Waals surface area contributed by atoms with E-state index in [2.05, 4.69) is 0 Å². The van der Waals surface area contributed by atoms with Crippen molar-refractivity contribution in [1.82, 2.24) is 4.72 Å². The van der Waals surface area contributed by atoms with E-state index in [1.54, 1.807) is 0 Å². The first-order chi connectivity index (χ1) is 7.17. The van der Waals surface area contributed by atoms with Crippen molar-refractivity contribution in [2.45, 2.75) is 24.1 Å². The summed E-state index contributed by atoms with van der Waals surface area (Å²) in [6.07, 6.45) is -6.96. The van der Waals surface area contributed by atoms with Crippen LogP contribution in [0.3, 0.4) is 0 Å². The molecule has 1 atom stereocenters. The SMILES string of the molecule is O=S(O)NC(F)(F)C(F)(F)C(F)(F)C(F)(F)F. The molecule has 0 aromatic carbocycles. The van der Waals surface area contributed by atoms with Gasteiger partial charge in [-0.3, -0.25) is 4.55 Å². The zero-order chi connectivity index (χ0) is 14.3. The average Bonchev–Trinajstić information content (AvgIpc) is 1.98. The van der Waals surface area contributed by atoms with Crippen molar-refractivity contribution >= 4 is 11.3 Å². The van der Waals surface area contributed by atoms with E-state index >= 15 is 0 Å². The summed E-state index contributed by atoms with van der Waals surface area (Å²) in [5, 5.41) is 0. The Hall–Kier alpha value is -0.560. The van der Waals surface area contributed by atoms with Crippen LogP contribution in [0.5, 0.6) is 0 Å². The van der Waals surface area contributed by atoms with Crippen LogP contribution in [0.1, 0.15) is 0 Å². The third-order valence-corrected chi connectivity index (χ3v) is 1.79. The monoisotopic (exact) mass is 299 g/mol. The van der Waals surface area contributed by atoms with Crippen molar-refractivity contribution in [2.75, 3.05) is 0 Å². The Balaban J connectivity index is 5.47. The Kier molecular flexibility index (Phi) is 4.13. The Labute approximate surface area is 89.4 Å². The van der Waals surface area contributed by atoms with Gasteiger partial charge in [0.1, 0.15) is 0 Å². The lowest BCUT2D eigenvalue weighted by Gasteiger charge is -2.32. The van der Waals surface area contributed by atoms with Gasteiger partial charge in [-0.2, -0.15) is 39.5 Å². The van der Waals surface area contributed by atoms with Crippen LogP contribution in [0.2, 0.25) is 0 Å². The van der Waals surface area contributed by atoms with Gasteiger partial charge in [0.25, 0.3) is 0 Å². The molecular formula is C4H2F9NO2S. The van der Waals surface area contributed by atoms with Gasteiger partial charge in [0.05, 0.1) is 0 Å². The lowest BCUT2D eigenvalue weighted by molar-refractivity contribution is -0.397. The summed E-state index contributed by atoms with van der Waals surface area (Å²) in [5.74, 6) is -14.0. The zero-order valence-electron chi connectivity index (χ0n) is 7.17. The summed E-state index contributed by atoms with van der Waals surface area (Å²) < 4.78 is 125. The number of rotatable bonds is 4. The summed E-state index contributed by atoms with van der Waals surface area (Å²) in [7, 11) is 0. The maximum absolute atomic E-state index is 12.3. The van der Waals surface area contributed by atoms with Gasteiger partial charge < -0.3 is 0 Å². The molecule has 13 heteroatoms. The van der Waals surface area contributed by atoms with Gasteiger partial charge in [-0.05, 0) is 0 Å². The van der Waals surface area contributed by atoms with Gasteiger partial charge in [0, 0.05) is 0 Å². The van der Waals surface area contributed by atoms with E-state index in [-0.39, 0.29) is 4.72 Å². The summed E-state index contributed by atoms with van der Waals surface area (Å²) in [6.45, 7) is 0. The standard InChI is InChI=1S/C4H2F9NO2S/c5-1(6,3(9,10)11)2(7,8)4(12,13)14-17(15)16/h14H,(H,15,16). The normalized spacial score (nSPS) is 17.1. The highest BCUT2D eigenvalue weighted by molar-refractivity contribution is 7.77. The van der Waals surface area contributed by atoms with Crippen molar-refractivity contribution < 1.29 is 48.3 Å². The highest BCUT2D eigenvalue weighted by Crippen LogP contribution is 2.52. The topological polar surface area (TPSA) is 49.3 Å². The summed E-state index contributed by atoms with van der Waals surface area (Å²) >= 11 is -3.92. The van der Waals surface area contributed by atoms with Crippen LogP contribution in [0, 0.1) is 0 Å². The molecule has 0 spiro atoms. The number of halogens is 9. The minimum absolute atomic E-state index is 0.298. The van der Waals surface area contributed by atoms with Crippen LogP contribution < -0.4 is 4.72 Å². The van der Waals surface area contributed by atoms with Crippen molar-refractivity contribution in [3.8, 4) is 0 Å². The number of hydrogen-bond acceptors (Lipinski definition) is 1. The lowest BCUT2D eigenvalue weighted by atomic mass is 10.1. The van der Waals surface area contributed by atoms with Crippen molar-refractivity contribution in [1.29, 1.82) is 0 Å². The molecule has 0 aliphatic rings. The predicted molar refractivity (Wildman–Crippen MR) is 34.8 cm³/mol. The first-order valence-electron chi connectivity index (χ1n) is 3.25. The third-order valence-electron chi connectivity index (χ3n) is 1.36. The second-order valence-electron chi connectivity index (χ2n) is 2.57. The van der Waals surface area contributed by atoms with Gasteiger partial charge in [-0.25, -0.2) is 4.21 Å². The van der Waals surface area contributed by atoms with Crippen LogP contribution >= 0.6 is 0 Å². The fraction of sp³-hybridized carbons (Fsp3) is 1.00. The summed E-state index contributed by atoms with van der Waals surface area (Å²) in [6, 6.07) is -6.24. The van der Waals surface area contributed by atoms with Crippen molar-refractivity contribution in [2.24, 2.45) is 0 Å². The second kappa shape index (κ2) is 4.28. The number of hydrogen-bond donors (Lipinski definition) is 2. The number of nitrogens with one attached hydrogen (secondary N) is 1. The minimum Gasteiger partial charge on any atom is -0.294 e. The smallest absolute Gasteiger partial charge is 0.294 e. The molecule has 1 unspecified atom stereocenters. The molecule has 2 N–H and O–H groups in total. The Bertz CT molecular complexity index is 313. The molecule has 0 aromatic rings. The van der Waals surface area contributed by atoms with Gasteiger partial charge in [0.15, 0.2) is 0 Å². The average molecular weight is 299 g/mol. The van der Waals surface area contributed by atoms with E-state index in [9.17, 15) is 43.7 Å². The number of alkyl halides is 9. The molecule has 0 heterocycles. The fourth-order valence-corrected chi connectivity index (χ4v) is 0.896. The van der Waals surface area contributed by atoms with Gasteiger partial charge in [-0.15, -0.1) is 4.72 Å². The Morgan fingerprint density at radius 2 is 1.18 bits per heavy atom. The Morgan fingerprint density at radius 1 is 0.824 bits per heavy atom. The van der Waals surface area contributed by atoms with E-state index < -0.39 is 35.3 Å². The van der Waals surface area contributed by atoms with Crippen LogP contribution in [0.4, 0.5) is 39.5 Å². The molecular weight excluding hydrogens is 297 g/mol. The molecule has 0 saturated heterocycles. The summed E-state index contributed by atoms with van der Waals surface area (Å²) in [4.78, 5) is 0. The molecule has 3 nitrogen and oxygen atoms in total.